The Morgan fingerprint density at radius 1 is 1.10 bits per heavy atom. The monoisotopic (exact) mass is 498 g/mol. The fraction of sp³-hybridized carbons (Fsp3) is 0.611. The van der Waals surface area contributed by atoms with Crippen LogP contribution in [0.1, 0.15) is 16.8 Å². The summed E-state index contributed by atoms with van der Waals surface area (Å²) in [5.41, 5.74) is 5.70. The molecule has 8 nitrogen and oxygen atoms in total. The minimum atomic E-state index is -0.454. The van der Waals surface area contributed by atoms with E-state index in [1.54, 1.807) is 6.07 Å². The number of amides is 2. The molecule has 0 aliphatic carbocycles. The van der Waals surface area contributed by atoms with Crippen molar-refractivity contribution in [3.8, 4) is 0 Å². The summed E-state index contributed by atoms with van der Waals surface area (Å²) in [5.74, 6) is 2.58. The van der Waals surface area contributed by atoms with Gasteiger partial charge in [0.1, 0.15) is 5.82 Å². The quantitative estimate of drug-likeness (QED) is 0.634. The Morgan fingerprint density at radius 3 is 2.40 bits per heavy atom. The van der Waals surface area contributed by atoms with Gasteiger partial charge >= 0.3 is 0 Å². The molecular formula is C18H29Cl3N6O2S. The van der Waals surface area contributed by atoms with Gasteiger partial charge in [0.2, 0.25) is 11.8 Å². The molecule has 0 saturated carbocycles. The average Bonchev–Trinajstić information content (AvgIpc) is 3.40. The molecule has 12 heteroatoms. The van der Waals surface area contributed by atoms with Gasteiger partial charge in [-0.1, -0.05) is 0 Å². The first-order valence-electron chi connectivity index (χ1n) is 9.46. The summed E-state index contributed by atoms with van der Waals surface area (Å²) < 4.78 is 0. The summed E-state index contributed by atoms with van der Waals surface area (Å²) in [7, 11) is 0. The number of rotatable bonds is 4. The van der Waals surface area contributed by atoms with E-state index < -0.39 is 5.91 Å². The molecule has 0 unspecified atom stereocenters. The van der Waals surface area contributed by atoms with Gasteiger partial charge in [-0.15, -0.1) is 49.0 Å². The largest absolute Gasteiger partial charge is 0.366 e. The van der Waals surface area contributed by atoms with E-state index in [2.05, 4.69) is 20.1 Å². The van der Waals surface area contributed by atoms with Gasteiger partial charge < -0.3 is 20.9 Å². The van der Waals surface area contributed by atoms with Crippen molar-refractivity contribution in [3.05, 3.63) is 23.9 Å². The van der Waals surface area contributed by atoms with Crippen LogP contribution in [0.5, 0.6) is 0 Å². The molecule has 2 atom stereocenters. The highest BCUT2D eigenvalue weighted by molar-refractivity contribution is 7.99. The molecule has 3 aliphatic heterocycles. The number of carbonyl (C=O) groups excluding carboxylic acids is 2. The van der Waals surface area contributed by atoms with Crippen LogP contribution in [0.3, 0.4) is 0 Å². The van der Waals surface area contributed by atoms with E-state index in [-0.39, 0.29) is 49.2 Å². The molecule has 3 saturated heterocycles. The van der Waals surface area contributed by atoms with Gasteiger partial charge in [0.25, 0.3) is 0 Å². The number of anilines is 1. The number of pyridine rings is 1. The standard InChI is InChI=1S/C18H26N6O2S.3ClH/c19-17(25)13-1-2-16(21-10-13)23-5-3-22(4-6-23)14-9-15(20-11-14)18(26)24-7-8-27-12-24;;;/h1-2,10,14-15,20H,3-9,11-12H2,(H2,19,25);3*1H/t14-,15-;;;/m0.../s1. The van der Waals surface area contributed by atoms with Gasteiger partial charge in [-0.3, -0.25) is 14.5 Å². The Balaban J connectivity index is 0.00000150. The van der Waals surface area contributed by atoms with Crippen molar-refractivity contribution in [3.63, 3.8) is 0 Å². The van der Waals surface area contributed by atoms with Gasteiger partial charge in [-0.05, 0) is 18.6 Å². The molecule has 3 N–H and O–H groups in total. The van der Waals surface area contributed by atoms with E-state index in [0.717, 1.165) is 63.1 Å². The lowest BCUT2D eigenvalue weighted by Gasteiger charge is -2.38. The summed E-state index contributed by atoms with van der Waals surface area (Å²) in [4.78, 5) is 34.8. The molecule has 3 aliphatic rings. The summed E-state index contributed by atoms with van der Waals surface area (Å²) in [6.45, 7) is 5.44. The number of hydrogen-bond donors (Lipinski definition) is 2. The number of piperazine rings is 1. The lowest BCUT2D eigenvalue weighted by atomic mass is 10.1. The Morgan fingerprint density at radius 2 is 1.83 bits per heavy atom. The number of primary amides is 1. The molecule has 1 aromatic heterocycles. The van der Waals surface area contributed by atoms with Crippen LogP contribution in [0.15, 0.2) is 18.3 Å². The van der Waals surface area contributed by atoms with Crippen molar-refractivity contribution in [2.45, 2.75) is 18.5 Å². The zero-order chi connectivity index (χ0) is 18.8. The Labute approximate surface area is 199 Å². The first kappa shape index (κ1) is 27.1. The maximum atomic E-state index is 12.6. The molecule has 3 fully saturated rings. The normalized spacial score (nSPS) is 23.9. The zero-order valence-corrected chi connectivity index (χ0v) is 19.8. The van der Waals surface area contributed by atoms with E-state index in [9.17, 15) is 9.59 Å². The van der Waals surface area contributed by atoms with Crippen LogP contribution >= 0.6 is 49.0 Å². The number of nitrogens with two attached hydrogens (primary N) is 1. The molecular weight excluding hydrogens is 471 g/mol. The Bertz CT molecular complexity index is 700. The smallest absolute Gasteiger partial charge is 0.250 e. The number of carbonyl (C=O) groups is 2. The molecule has 1 aromatic rings. The second-order valence-electron chi connectivity index (χ2n) is 7.28. The van der Waals surface area contributed by atoms with Crippen molar-refractivity contribution in [2.75, 3.05) is 55.8 Å². The minimum absolute atomic E-state index is 0. The number of nitrogens with zero attached hydrogens (tertiary/aromatic N) is 4. The minimum Gasteiger partial charge on any atom is -0.366 e. The fourth-order valence-electron chi connectivity index (χ4n) is 4.03. The van der Waals surface area contributed by atoms with Gasteiger partial charge in [-0.25, -0.2) is 4.98 Å². The van der Waals surface area contributed by atoms with Crippen LogP contribution in [0.4, 0.5) is 5.82 Å². The van der Waals surface area contributed by atoms with Crippen molar-refractivity contribution >= 4 is 66.6 Å². The lowest BCUT2D eigenvalue weighted by Crippen LogP contribution is -2.51. The lowest BCUT2D eigenvalue weighted by molar-refractivity contribution is -0.131. The number of hydrogen-bond acceptors (Lipinski definition) is 7. The maximum absolute atomic E-state index is 12.6. The molecule has 0 radical (unpaired) electrons. The third-order valence-electron chi connectivity index (χ3n) is 5.66. The van der Waals surface area contributed by atoms with Gasteiger partial charge in [0.15, 0.2) is 0 Å². The third kappa shape index (κ3) is 6.05. The van der Waals surface area contributed by atoms with Crippen LogP contribution in [-0.4, -0.2) is 89.6 Å². The van der Waals surface area contributed by atoms with Gasteiger partial charge in [0.05, 0.1) is 17.5 Å². The predicted octanol–water partition coefficient (Wildman–Crippen LogP) is 0.831. The molecule has 4 heterocycles. The van der Waals surface area contributed by atoms with Crippen LogP contribution in [-0.2, 0) is 4.79 Å². The summed E-state index contributed by atoms with van der Waals surface area (Å²) in [6, 6.07) is 3.97. The maximum Gasteiger partial charge on any atom is 0.250 e. The zero-order valence-electron chi connectivity index (χ0n) is 16.6. The number of aromatic nitrogens is 1. The summed E-state index contributed by atoms with van der Waals surface area (Å²) in [5, 5.41) is 3.43. The first-order valence-corrected chi connectivity index (χ1v) is 10.6. The van der Waals surface area contributed by atoms with Crippen LogP contribution < -0.4 is 16.0 Å². The van der Waals surface area contributed by atoms with Crippen LogP contribution in [0, 0.1) is 0 Å². The second-order valence-corrected chi connectivity index (χ2v) is 8.36. The van der Waals surface area contributed by atoms with E-state index in [4.69, 9.17) is 5.73 Å². The van der Waals surface area contributed by atoms with Gasteiger partial charge in [0, 0.05) is 57.3 Å². The molecule has 4 rings (SSSR count). The fourth-order valence-corrected chi connectivity index (χ4v) is 4.98. The topological polar surface area (TPSA) is 94.8 Å². The van der Waals surface area contributed by atoms with Crippen LogP contribution in [0.25, 0.3) is 0 Å². The number of halogens is 3. The van der Waals surface area contributed by atoms with Crippen molar-refractivity contribution in [1.29, 1.82) is 0 Å². The SMILES string of the molecule is Cl.Cl.Cl.NC(=O)c1ccc(N2CCN([C@@H]3CN[C@H](C(=O)N4CCSC4)C3)CC2)nc1. The summed E-state index contributed by atoms with van der Waals surface area (Å²) in [6.07, 6.45) is 2.43. The third-order valence-corrected chi connectivity index (χ3v) is 6.62. The van der Waals surface area contributed by atoms with Crippen molar-refractivity contribution in [1.82, 2.24) is 20.1 Å². The van der Waals surface area contributed by atoms with E-state index in [1.165, 1.54) is 6.20 Å². The number of nitrogens with one attached hydrogen (secondary N) is 1. The van der Waals surface area contributed by atoms with Crippen molar-refractivity contribution < 1.29 is 9.59 Å². The summed E-state index contributed by atoms with van der Waals surface area (Å²) >= 11 is 1.83. The van der Waals surface area contributed by atoms with Crippen molar-refractivity contribution in [2.24, 2.45) is 5.73 Å². The molecule has 2 amide bonds. The Hall–Kier alpha value is -0.970. The second kappa shape index (κ2) is 12.2. The molecule has 0 bridgehead atoms. The number of thioether (sulfide) groups is 1. The average molecular weight is 500 g/mol. The molecule has 0 spiro atoms. The molecule has 30 heavy (non-hydrogen) atoms. The van der Waals surface area contributed by atoms with Crippen LogP contribution in [0.2, 0.25) is 0 Å². The molecule has 170 valence electrons. The van der Waals surface area contributed by atoms with E-state index >= 15 is 0 Å². The van der Waals surface area contributed by atoms with E-state index in [1.807, 2.05) is 22.7 Å². The Kier molecular flexibility index (Phi) is 11.0. The highest BCUT2D eigenvalue weighted by Gasteiger charge is 2.36. The first-order chi connectivity index (χ1) is 13.1. The predicted molar refractivity (Wildman–Crippen MR) is 128 cm³/mol. The van der Waals surface area contributed by atoms with E-state index in [0.29, 0.717) is 11.6 Å². The highest BCUT2D eigenvalue weighted by atomic mass is 35.5. The van der Waals surface area contributed by atoms with Gasteiger partial charge in [-0.2, -0.15) is 0 Å². The highest BCUT2D eigenvalue weighted by Crippen LogP contribution is 2.22. The molecule has 0 aromatic carbocycles.